The molecule has 2 rings (SSSR count). The van der Waals surface area contributed by atoms with Crippen molar-refractivity contribution in [3.05, 3.63) is 23.8 Å². The fourth-order valence-electron chi connectivity index (χ4n) is 1.74. The Morgan fingerprint density at radius 2 is 1.95 bits per heavy atom. The van der Waals surface area contributed by atoms with Crippen LogP contribution in [0.3, 0.4) is 0 Å². The zero-order valence-corrected chi connectivity index (χ0v) is 11.5. The number of ether oxygens (including phenoxy) is 3. The van der Waals surface area contributed by atoms with Gasteiger partial charge in [-0.05, 0) is 12.1 Å². The number of rotatable bonds is 2. The van der Waals surface area contributed by atoms with E-state index in [1.165, 1.54) is 32.3 Å². The van der Waals surface area contributed by atoms with E-state index in [1.807, 2.05) is 0 Å². The molecular weight excluding hydrogens is 280 g/mol. The zero-order chi connectivity index (χ0) is 15.4. The Balaban J connectivity index is 2.15. The third kappa shape index (κ3) is 3.22. The van der Waals surface area contributed by atoms with E-state index >= 15 is 0 Å². The van der Waals surface area contributed by atoms with Gasteiger partial charge < -0.3 is 24.8 Å². The standard InChI is InChI=1S/C13H14N2O6/c1-14-12(17)20-7-3-4-8-9(5-7)19-6-10(11(8)16)21-13(18)15-2/h3-5,10H,6H2,1-2H3,(H,14,17)(H,15,18). The second-order valence-corrected chi connectivity index (χ2v) is 4.12. The number of fused-ring (bicyclic) bond motifs is 1. The van der Waals surface area contributed by atoms with Crippen LogP contribution in [0.25, 0.3) is 0 Å². The van der Waals surface area contributed by atoms with E-state index < -0.39 is 18.3 Å². The molecule has 1 aliphatic heterocycles. The molecule has 2 amide bonds. The van der Waals surface area contributed by atoms with Crippen LogP contribution in [0.5, 0.6) is 11.5 Å². The smallest absolute Gasteiger partial charge is 0.412 e. The van der Waals surface area contributed by atoms with Gasteiger partial charge in [-0.15, -0.1) is 0 Å². The van der Waals surface area contributed by atoms with Gasteiger partial charge in [-0.3, -0.25) is 4.79 Å². The number of alkyl carbamates (subject to hydrolysis) is 1. The van der Waals surface area contributed by atoms with Crippen LogP contribution >= 0.6 is 0 Å². The molecule has 0 bridgehead atoms. The monoisotopic (exact) mass is 294 g/mol. The lowest BCUT2D eigenvalue weighted by molar-refractivity contribution is 0.0429. The molecule has 1 heterocycles. The summed E-state index contributed by atoms with van der Waals surface area (Å²) in [5.41, 5.74) is 0.263. The van der Waals surface area contributed by atoms with Gasteiger partial charge in [-0.25, -0.2) is 9.59 Å². The number of Topliss-reactive ketones (excluding diaryl/α,β-unsaturated/α-hetero) is 1. The van der Waals surface area contributed by atoms with Crippen LogP contribution in [0.4, 0.5) is 9.59 Å². The van der Waals surface area contributed by atoms with E-state index in [4.69, 9.17) is 14.2 Å². The first-order chi connectivity index (χ1) is 10.0. The van der Waals surface area contributed by atoms with E-state index in [-0.39, 0.29) is 29.5 Å². The molecule has 0 saturated heterocycles. The predicted octanol–water partition coefficient (Wildman–Crippen LogP) is 0.704. The van der Waals surface area contributed by atoms with Crippen LogP contribution in [0.15, 0.2) is 18.2 Å². The van der Waals surface area contributed by atoms with E-state index in [1.54, 1.807) is 0 Å². The lowest BCUT2D eigenvalue weighted by Gasteiger charge is -2.24. The number of hydrogen-bond acceptors (Lipinski definition) is 6. The van der Waals surface area contributed by atoms with E-state index in [0.717, 1.165) is 0 Å². The van der Waals surface area contributed by atoms with Crippen molar-refractivity contribution in [2.24, 2.45) is 0 Å². The normalized spacial score (nSPS) is 16.3. The van der Waals surface area contributed by atoms with Gasteiger partial charge >= 0.3 is 12.2 Å². The van der Waals surface area contributed by atoms with E-state index in [9.17, 15) is 14.4 Å². The Kier molecular flexibility index (Phi) is 4.27. The molecule has 2 N–H and O–H groups in total. The van der Waals surface area contributed by atoms with Crippen LogP contribution in [0, 0.1) is 0 Å². The summed E-state index contributed by atoms with van der Waals surface area (Å²) < 4.78 is 15.2. The molecule has 21 heavy (non-hydrogen) atoms. The summed E-state index contributed by atoms with van der Waals surface area (Å²) in [5.74, 6) is 0.149. The molecular formula is C13H14N2O6. The molecule has 1 unspecified atom stereocenters. The Bertz CT molecular complexity index is 586. The first-order valence-electron chi connectivity index (χ1n) is 6.14. The molecule has 0 aliphatic carbocycles. The molecule has 1 aromatic carbocycles. The van der Waals surface area contributed by atoms with Crippen molar-refractivity contribution in [1.82, 2.24) is 10.6 Å². The Morgan fingerprint density at radius 1 is 1.24 bits per heavy atom. The van der Waals surface area contributed by atoms with Gasteiger partial charge in [0.1, 0.15) is 18.1 Å². The number of benzene rings is 1. The van der Waals surface area contributed by atoms with Crippen LogP contribution in [0.1, 0.15) is 10.4 Å². The van der Waals surface area contributed by atoms with Gasteiger partial charge in [-0.2, -0.15) is 0 Å². The SMILES string of the molecule is CNC(=O)Oc1ccc2c(c1)OCC(OC(=O)NC)C2=O. The highest BCUT2D eigenvalue weighted by molar-refractivity contribution is 6.03. The second kappa shape index (κ2) is 6.12. The third-order valence-corrected chi connectivity index (χ3v) is 2.77. The molecule has 0 saturated carbocycles. The van der Waals surface area contributed by atoms with Gasteiger partial charge in [0.05, 0.1) is 5.56 Å². The van der Waals surface area contributed by atoms with Crippen LogP contribution in [-0.2, 0) is 4.74 Å². The van der Waals surface area contributed by atoms with Crippen molar-refractivity contribution in [2.45, 2.75) is 6.10 Å². The summed E-state index contributed by atoms with van der Waals surface area (Å²) in [6, 6.07) is 4.34. The van der Waals surface area contributed by atoms with E-state index in [2.05, 4.69) is 10.6 Å². The van der Waals surface area contributed by atoms with Crippen molar-refractivity contribution >= 4 is 18.0 Å². The highest BCUT2D eigenvalue weighted by Gasteiger charge is 2.32. The average Bonchev–Trinajstić information content (AvgIpc) is 2.49. The van der Waals surface area contributed by atoms with Crippen molar-refractivity contribution in [3.8, 4) is 11.5 Å². The fourth-order valence-corrected chi connectivity index (χ4v) is 1.74. The summed E-state index contributed by atoms with van der Waals surface area (Å²) in [7, 11) is 2.83. The lowest BCUT2D eigenvalue weighted by atomic mass is 10.0. The van der Waals surface area contributed by atoms with Gasteiger partial charge in [-0.1, -0.05) is 0 Å². The zero-order valence-electron chi connectivity index (χ0n) is 11.5. The molecule has 1 aliphatic rings. The maximum atomic E-state index is 12.2. The molecule has 0 aromatic heterocycles. The number of ketones is 1. The molecule has 8 nitrogen and oxygen atoms in total. The van der Waals surface area contributed by atoms with E-state index in [0.29, 0.717) is 0 Å². The second-order valence-electron chi connectivity index (χ2n) is 4.12. The summed E-state index contributed by atoms with van der Waals surface area (Å²) in [6.07, 6.45) is -2.33. The molecule has 1 aromatic rings. The van der Waals surface area contributed by atoms with Gasteiger partial charge in [0, 0.05) is 20.2 Å². The molecule has 8 heteroatoms. The lowest BCUT2D eigenvalue weighted by Crippen LogP contribution is -2.39. The van der Waals surface area contributed by atoms with Gasteiger partial charge in [0.15, 0.2) is 0 Å². The maximum absolute atomic E-state index is 12.2. The Labute approximate surface area is 120 Å². The summed E-state index contributed by atoms with van der Waals surface area (Å²) >= 11 is 0. The molecule has 0 spiro atoms. The highest BCUT2D eigenvalue weighted by Crippen LogP contribution is 2.30. The average molecular weight is 294 g/mol. The topological polar surface area (TPSA) is 103 Å². The van der Waals surface area contributed by atoms with Crippen LogP contribution < -0.4 is 20.1 Å². The minimum atomic E-state index is -0.997. The predicted molar refractivity (Wildman–Crippen MR) is 70.7 cm³/mol. The van der Waals surface area contributed by atoms with Gasteiger partial charge in [0.2, 0.25) is 11.9 Å². The third-order valence-electron chi connectivity index (χ3n) is 2.77. The first kappa shape index (κ1) is 14.6. The Hall–Kier alpha value is -2.77. The Morgan fingerprint density at radius 3 is 2.62 bits per heavy atom. The molecule has 1 atom stereocenters. The van der Waals surface area contributed by atoms with Crippen molar-refractivity contribution in [3.63, 3.8) is 0 Å². The van der Waals surface area contributed by atoms with Crippen LogP contribution in [0.2, 0.25) is 0 Å². The number of carbonyl (C=O) groups is 3. The molecule has 0 radical (unpaired) electrons. The van der Waals surface area contributed by atoms with Crippen molar-refractivity contribution in [1.29, 1.82) is 0 Å². The summed E-state index contributed by atoms with van der Waals surface area (Å²) in [6.45, 7) is -0.0946. The number of amides is 2. The summed E-state index contributed by atoms with van der Waals surface area (Å²) in [4.78, 5) is 34.4. The molecule has 112 valence electrons. The number of hydrogen-bond donors (Lipinski definition) is 2. The van der Waals surface area contributed by atoms with Gasteiger partial charge in [0.25, 0.3) is 0 Å². The largest absolute Gasteiger partial charge is 0.488 e. The quantitative estimate of drug-likeness (QED) is 0.832. The highest BCUT2D eigenvalue weighted by atomic mass is 16.6. The summed E-state index contributed by atoms with van der Waals surface area (Å²) in [5, 5.41) is 4.56. The maximum Gasteiger partial charge on any atom is 0.412 e. The van der Waals surface area contributed by atoms with Crippen molar-refractivity contribution in [2.75, 3.05) is 20.7 Å². The fraction of sp³-hybridized carbons (Fsp3) is 0.308. The molecule has 0 fully saturated rings. The minimum absolute atomic E-state index is 0.0946. The van der Waals surface area contributed by atoms with Crippen molar-refractivity contribution < 1.29 is 28.6 Å². The number of nitrogens with one attached hydrogen (secondary N) is 2. The first-order valence-corrected chi connectivity index (χ1v) is 6.14. The number of carbonyl (C=O) groups excluding carboxylic acids is 3. The van der Waals surface area contributed by atoms with Crippen LogP contribution in [-0.4, -0.2) is 44.8 Å². The minimum Gasteiger partial charge on any atom is -0.488 e.